The first-order valence-corrected chi connectivity index (χ1v) is 4.41. The summed E-state index contributed by atoms with van der Waals surface area (Å²) in [6.45, 7) is 4.10. The summed E-state index contributed by atoms with van der Waals surface area (Å²) < 4.78 is 0. The molecule has 0 atom stereocenters. The van der Waals surface area contributed by atoms with Crippen LogP contribution in [0, 0.1) is 18.3 Å². The average molecular weight is 166 g/mol. The summed E-state index contributed by atoms with van der Waals surface area (Å²) in [5.41, 5.74) is 0.953. The van der Waals surface area contributed by atoms with Gasteiger partial charge in [-0.05, 0) is 13.3 Å². The van der Waals surface area contributed by atoms with Crippen LogP contribution in [0.15, 0.2) is 0 Å². The van der Waals surface area contributed by atoms with Crippen molar-refractivity contribution >= 4 is 11.3 Å². The van der Waals surface area contributed by atoms with E-state index >= 15 is 0 Å². The molecule has 2 nitrogen and oxygen atoms in total. The minimum absolute atomic E-state index is 0.447. The van der Waals surface area contributed by atoms with Crippen LogP contribution < -0.4 is 0 Å². The van der Waals surface area contributed by atoms with E-state index in [1.807, 2.05) is 6.92 Å². The van der Waals surface area contributed by atoms with E-state index in [4.69, 9.17) is 5.26 Å². The highest BCUT2D eigenvalue weighted by Crippen LogP contribution is 2.17. The van der Waals surface area contributed by atoms with Crippen LogP contribution in [0.5, 0.6) is 0 Å². The van der Waals surface area contributed by atoms with Crippen LogP contribution in [0.4, 0.5) is 0 Å². The minimum atomic E-state index is 0.447. The summed E-state index contributed by atoms with van der Waals surface area (Å²) in [6, 6.07) is 2.11. The van der Waals surface area contributed by atoms with Gasteiger partial charge < -0.3 is 0 Å². The molecular weight excluding hydrogens is 156 g/mol. The van der Waals surface area contributed by atoms with E-state index in [-0.39, 0.29) is 0 Å². The number of rotatable bonds is 2. The molecule has 0 N–H and O–H groups in total. The van der Waals surface area contributed by atoms with Gasteiger partial charge in [-0.3, -0.25) is 0 Å². The Morgan fingerprint density at radius 2 is 2.36 bits per heavy atom. The van der Waals surface area contributed by atoms with Gasteiger partial charge in [-0.25, -0.2) is 4.98 Å². The van der Waals surface area contributed by atoms with Crippen molar-refractivity contribution in [3.8, 4) is 6.07 Å². The Morgan fingerprint density at radius 3 is 2.82 bits per heavy atom. The number of nitrogens with zero attached hydrogens (tertiary/aromatic N) is 2. The van der Waals surface area contributed by atoms with Crippen molar-refractivity contribution in [1.29, 1.82) is 5.26 Å². The fourth-order valence-corrected chi connectivity index (χ4v) is 1.77. The van der Waals surface area contributed by atoms with Crippen LogP contribution in [0.1, 0.15) is 22.5 Å². The Morgan fingerprint density at radius 1 is 1.64 bits per heavy atom. The number of hydrogen-bond donors (Lipinski definition) is 0. The van der Waals surface area contributed by atoms with Gasteiger partial charge >= 0.3 is 0 Å². The van der Waals surface area contributed by atoms with Gasteiger partial charge in [0.2, 0.25) is 0 Å². The number of thiazole rings is 1. The quantitative estimate of drug-likeness (QED) is 0.674. The van der Waals surface area contributed by atoms with Gasteiger partial charge in [0.05, 0.1) is 23.2 Å². The molecule has 11 heavy (non-hydrogen) atoms. The lowest BCUT2D eigenvalue weighted by Gasteiger charge is -1.84. The topological polar surface area (TPSA) is 36.7 Å². The highest BCUT2D eigenvalue weighted by Gasteiger charge is 2.04. The lowest BCUT2D eigenvalue weighted by molar-refractivity contribution is 1.03. The molecule has 0 aliphatic heterocycles. The third-order valence-corrected chi connectivity index (χ3v) is 2.64. The molecule has 0 spiro atoms. The van der Waals surface area contributed by atoms with Crippen LogP contribution >= 0.6 is 11.3 Å². The summed E-state index contributed by atoms with van der Waals surface area (Å²) >= 11 is 1.69. The lowest BCUT2D eigenvalue weighted by atomic mass is 10.3. The summed E-state index contributed by atoms with van der Waals surface area (Å²) in [6.07, 6.45) is 1.42. The lowest BCUT2D eigenvalue weighted by Crippen LogP contribution is -1.84. The van der Waals surface area contributed by atoms with Gasteiger partial charge in [0.25, 0.3) is 0 Å². The van der Waals surface area contributed by atoms with Gasteiger partial charge in [0.15, 0.2) is 0 Å². The zero-order valence-corrected chi connectivity index (χ0v) is 7.53. The first-order valence-electron chi connectivity index (χ1n) is 3.60. The molecule has 0 unspecified atom stereocenters. The maximum Gasteiger partial charge on any atom is 0.0928 e. The second-order valence-corrected chi connectivity index (χ2v) is 3.59. The maximum absolute atomic E-state index is 8.44. The first-order chi connectivity index (χ1) is 5.27. The molecule has 3 heteroatoms. The minimum Gasteiger partial charge on any atom is -0.245 e. The first kappa shape index (κ1) is 8.22. The average Bonchev–Trinajstić information content (AvgIpc) is 2.33. The van der Waals surface area contributed by atoms with Gasteiger partial charge in [-0.1, -0.05) is 6.92 Å². The van der Waals surface area contributed by atoms with Gasteiger partial charge in [-0.2, -0.15) is 5.26 Å². The molecule has 0 fully saturated rings. The molecule has 0 saturated heterocycles. The second-order valence-electron chi connectivity index (χ2n) is 2.30. The van der Waals surface area contributed by atoms with Crippen LogP contribution in [0.25, 0.3) is 0 Å². The van der Waals surface area contributed by atoms with E-state index in [0.717, 1.165) is 17.1 Å². The summed E-state index contributed by atoms with van der Waals surface area (Å²) in [5, 5.41) is 9.57. The molecule has 1 aromatic heterocycles. The fraction of sp³-hybridized carbons (Fsp3) is 0.500. The van der Waals surface area contributed by atoms with Crippen LogP contribution in [0.2, 0.25) is 0 Å². The third kappa shape index (κ3) is 1.78. The summed E-state index contributed by atoms with van der Waals surface area (Å²) in [5.74, 6) is 0. The van der Waals surface area contributed by atoms with E-state index in [0.29, 0.717) is 6.42 Å². The Hall–Kier alpha value is -0.880. The number of aromatic nitrogens is 1. The van der Waals surface area contributed by atoms with E-state index in [1.165, 1.54) is 4.88 Å². The smallest absolute Gasteiger partial charge is 0.0928 e. The predicted octanol–water partition coefficient (Wildman–Crippen LogP) is 2.08. The molecule has 0 radical (unpaired) electrons. The van der Waals surface area contributed by atoms with Gasteiger partial charge in [0.1, 0.15) is 0 Å². The van der Waals surface area contributed by atoms with E-state index < -0.39 is 0 Å². The SMILES string of the molecule is CCc1nc(CC#N)c(C)s1. The Bertz CT molecular complexity index is 283. The Balaban J connectivity index is 2.90. The van der Waals surface area contributed by atoms with Gasteiger partial charge in [0, 0.05) is 4.88 Å². The zero-order chi connectivity index (χ0) is 8.27. The molecule has 0 saturated carbocycles. The van der Waals surface area contributed by atoms with E-state index in [1.54, 1.807) is 11.3 Å². The maximum atomic E-state index is 8.44. The normalized spacial score (nSPS) is 9.55. The monoisotopic (exact) mass is 166 g/mol. The standard InChI is InChI=1S/C8H10N2S/c1-3-8-10-7(4-5-9)6(2)11-8/h3-4H2,1-2H3. The van der Waals surface area contributed by atoms with Crippen molar-refractivity contribution in [3.63, 3.8) is 0 Å². The molecular formula is C8H10N2S. The van der Waals surface area contributed by atoms with Gasteiger partial charge in [-0.15, -0.1) is 11.3 Å². The fourth-order valence-electron chi connectivity index (χ4n) is 0.878. The van der Waals surface area contributed by atoms with Crippen molar-refractivity contribution < 1.29 is 0 Å². The van der Waals surface area contributed by atoms with Crippen molar-refractivity contribution in [2.45, 2.75) is 26.7 Å². The van der Waals surface area contributed by atoms with Crippen LogP contribution in [0.3, 0.4) is 0 Å². The molecule has 1 aromatic rings. The number of nitriles is 1. The number of aryl methyl sites for hydroxylation is 2. The molecule has 0 amide bonds. The largest absolute Gasteiger partial charge is 0.245 e. The van der Waals surface area contributed by atoms with E-state index in [2.05, 4.69) is 18.0 Å². The third-order valence-electron chi connectivity index (χ3n) is 1.49. The Labute approximate surface area is 70.5 Å². The van der Waals surface area contributed by atoms with Crippen LogP contribution in [-0.4, -0.2) is 4.98 Å². The molecule has 0 aliphatic rings. The van der Waals surface area contributed by atoms with Crippen molar-refractivity contribution in [3.05, 3.63) is 15.6 Å². The zero-order valence-electron chi connectivity index (χ0n) is 6.72. The predicted molar refractivity (Wildman–Crippen MR) is 45.5 cm³/mol. The molecule has 0 aromatic carbocycles. The molecule has 1 heterocycles. The Kier molecular flexibility index (Phi) is 2.61. The van der Waals surface area contributed by atoms with Crippen molar-refractivity contribution in [2.75, 3.05) is 0 Å². The van der Waals surface area contributed by atoms with E-state index in [9.17, 15) is 0 Å². The number of hydrogen-bond acceptors (Lipinski definition) is 3. The highest BCUT2D eigenvalue weighted by molar-refractivity contribution is 7.11. The highest BCUT2D eigenvalue weighted by atomic mass is 32.1. The van der Waals surface area contributed by atoms with Crippen molar-refractivity contribution in [1.82, 2.24) is 4.98 Å². The molecule has 1 rings (SSSR count). The second kappa shape index (κ2) is 3.49. The summed E-state index contributed by atoms with van der Waals surface area (Å²) in [7, 11) is 0. The molecule has 58 valence electrons. The molecule has 0 aliphatic carbocycles. The van der Waals surface area contributed by atoms with Crippen LogP contribution in [-0.2, 0) is 12.8 Å². The summed E-state index contributed by atoms with van der Waals surface area (Å²) in [4.78, 5) is 5.50. The van der Waals surface area contributed by atoms with Crippen molar-refractivity contribution in [2.24, 2.45) is 0 Å². The molecule has 0 bridgehead atoms.